The van der Waals surface area contributed by atoms with Gasteiger partial charge in [-0.05, 0) is 0 Å². The highest BCUT2D eigenvalue weighted by Gasteiger charge is 1.89. The van der Waals surface area contributed by atoms with Gasteiger partial charge in [0.1, 0.15) is 0 Å². The molecular weight excluding hydrogens is 128 g/mol. The monoisotopic (exact) mass is 130 g/mol. The summed E-state index contributed by atoms with van der Waals surface area (Å²) in [5.74, 6) is 0. The minimum Gasteiger partial charge on any atom is -0.211 e. The summed E-state index contributed by atoms with van der Waals surface area (Å²) in [5, 5.41) is 0. The van der Waals surface area contributed by atoms with Crippen molar-refractivity contribution in [1.29, 1.82) is 0 Å². The van der Waals surface area contributed by atoms with Crippen LogP contribution in [-0.4, -0.2) is 17.7 Å². The van der Waals surface area contributed by atoms with Crippen LogP contribution in [0.1, 0.15) is 0 Å². The molecule has 0 fully saturated rings. The first-order valence-electron chi connectivity index (χ1n) is 1.63. The Morgan fingerprint density at radius 1 is 1.25 bits per heavy atom. The van der Waals surface area contributed by atoms with E-state index in [0.29, 0.717) is 0 Å². The second-order valence-corrected chi connectivity index (χ2v) is 1.25. The molecule has 0 atom stereocenters. The van der Waals surface area contributed by atoms with Crippen LogP contribution in [0, 0.1) is 0 Å². The third kappa shape index (κ3) is 3.31. The van der Waals surface area contributed by atoms with Crippen LogP contribution in [0.2, 0.25) is 0 Å². The molecule has 0 aromatic carbocycles. The molecule has 0 bridgehead atoms. The number of hydrogen-bond donors (Lipinski definition) is 1. The van der Waals surface area contributed by atoms with Crippen molar-refractivity contribution in [2.45, 2.75) is 5.50 Å². The van der Waals surface area contributed by atoms with Gasteiger partial charge in [-0.2, -0.15) is 9.98 Å². The Balaban J connectivity index is 3.82. The van der Waals surface area contributed by atoms with E-state index in [1.165, 1.54) is 12.2 Å². The van der Waals surface area contributed by atoms with E-state index in [4.69, 9.17) is 0 Å². The van der Waals surface area contributed by atoms with Gasteiger partial charge >= 0.3 is 0 Å². The fourth-order valence-electron chi connectivity index (χ4n) is 0.123. The van der Waals surface area contributed by atoms with Crippen LogP contribution in [0.25, 0.3) is 0 Å². The number of nitrogens with zero attached hydrogens (tertiary/aromatic N) is 2. The molecule has 0 aliphatic carbocycles. The SMILES string of the molecule is O=C=NC(S)N=C=O. The van der Waals surface area contributed by atoms with Gasteiger partial charge in [0.05, 0.1) is 0 Å². The second-order valence-electron chi connectivity index (χ2n) is 0.787. The summed E-state index contributed by atoms with van der Waals surface area (Å²) in [4.78, 5) is 24.6. The summed E-state index contributed by atoms with van der Waals surface area (Å²) in [6.07, 6.45) is 2.36. The topological polar surface area (TPSA) is 58.9 Å². The van der Waals surface area contributed by atoms with Crippen molar-refractivity contribution >= 4 is 24.8 Å². The molecule has 0 aliphatic rings. The number of hydrogen-bond acceptors (Lipinski definition) is 5. The number of isocyanates is 2. The zero-order valence-corrected chi connectivity index (χ0v) is 4.63. The van der Waals surface area contributed by atoms with Crippen LogP contribution in [0.3, 0.4) is 0 Å². The molecule has 0 rings (SSSR count). The molecule has 0 spiro atoms. The van der Waals surface area contributed by atoms with Crippen LogP contribution in [0.5, 0.6) is 0 Å². The molecule has 0 aromatic rings. The minimum atomic E-state index is -0.940. The Morgan fingerprint density at radius 2 is 1.62 bits per heavy atom. The molecule has 4 nitrogen and oxygen atoms in total. The summed E-state index contributed by atoms with van der Waals surface area (Å²) >= 11 is 3.53. The van der Waals surface area contributed by atoms with Gasteiger partial charge in [0.15, 0.2) is 0 Å². The van der Waals surface area contributed by atoms with Gasteiger partial charge in [0, 0.05) is 0 Å². The Labute approximate surface area is 50.7 Å². The zero-order valence-electron chi connectivity index (χ0n) is 3.74. The Hall–Kier alpha value is -0.890. The molecule has 0 unspecified atom stereocenters. The van der Waals surface area contributed by atoms with E-state index >= 15 is 0 Å². The highest BCUT2D eigenvalue weighted by molar-refractivity contribution is 7.80. The summed E-state index contributed by atoms with van der Waals surface area (Å²) in [6.45, 7) is 0. The quantitative estimate of drug-likeness (QED) is 0.321. The smallest absolute Gasteiger partial charge is 0.211 e. The average Bonchev–Trinajstić information content (AvgIpc) is 1.68. The maximum atomic E-state index is 9.36. The van der Waals surface area contributed by atoms with Gasteiger partial charge < -0.3 is 0 Å². The van der Waals surface area contributed by atoms with Crippen molar-refractivity contribution in [1.82, 2.24) is 0 Å². The minimum absolute atomic E-state index is 0.940. The van der Waals surface area contributed by atoms with Crippen LogP contribution >= 0.6 is 12.6 Å². The lowest BCUT2D eigenvalue weighted by Crippen LogP contribution is -1.84. The van der Waals surface area contributed by atoms with Gasteiger partial charge in [0.25, 0.3) is 0 Å². The lowest BCUT2D eigenvalue weighted by atomic mass is 11.1. The van der Waals surface area contributed by atoms with Gasteiger partial charge in [0.2, 0.25) is 17.7 Å². The Kier molecular flexibility index (Phi) is 3.80. The first-order chi connectivity index (χ1) is 3.81. The third-order valence-corrected chi connectivity index (χ3v) is 0.567. The van der Waals surface area contributed by atoms with Crippen molar-refractivity contribution in [2.24, 2.45) is 9.98 Å². The molecular formula is C3H2N2O2S. The molecule has 8 heavy (non-hydrogen) atoms. The lowest BCUT2D eigenvalue weighted by molar-refractivity contribution is 0.559. The van der Waals surface area contributed by atoms with E-state index in [-0.39, 0.29) is 0 Å². The molecule has 0 N–H and O–H groups in total. The first-order valence-corrected chi connectivity index (χ1v) is 2.15. The second kappa shape index (κ2) is 4.27. The van der Waals surface area contributed by atoms with Crippen LogP contribution in [0.4, 0.5) is 0 Å². The van der Waals surface area contributed by atoms with Crippen molar-refractivity contribution in [2.75, 3.05) is 0 Å². The molecule has 0 heterocycles. The van der Waals surface area contributed by atoms with E-state index < -0.39 is 5.50 Å². The van der Waals surface area contributed by atoms with E-state index in [0.717, 1.165) is 0 Å². The zero-order chi connectivity index (χ0) is 6.41. The number of carbonyl (C=O) groups excluding carboxylic acids is 2. The van der Waals surface area contributed by atoms with E-state index in [9.17, 15) is 9.59 Å². The molecule has 0 saturated carbocycles. The van der Waals surface area contributed by atoms with Crippen LogP contribution < -0.4 is 0 Å². The molecule has 0 saturated heterocycles. The van der Waals surface area contributed by atoms with Gasteiger partial charge in [-0.15, -0.1) is 12.6 Å². The maximum Gasteiger partial charge on any atom is 0.238 e. The number of aliphatic imine (C=N–C) groups is 2. The summed E-state index contributed by atoms with van der Waals surface area (Å²) in [5.41, 5.74) is -0.940. The van der Waals surface area contributed by atoms with Gasteiger partial charge in [-0.25, -0.2) is 9.59 Å². The average molecular weight is 130 g/mol. The molecule has 42 valence electrons. The standard InChI is InChI=1S/C3H2N2O2S/c6-1-4-3(8)5-2-7/h3,8H. The van der Waals surface area contributed by atoms with Crippen molar-refractivity contribution in [3.05, 3.63) is 0 Å². The fraction of sp³-hybridized carbons (Fsp3) is 0.333. The molecule has 5 heteroatoms. The largest absolute Gasteiger partial charge is 0.238 e. The summed E-state index contributed by atoms with van der Waals surface area (Å²) in [6, 6.07) is 0. The van der Waals surface area contributed by atoms with Crippen molar-refractivity contribution in [3.63, 3.8) is 0 Å². The molecule has 0 amide bonds. The van der Waals surface area contributed by atoms with Crippen LogP contribution in [-0.2, 0) is 9.59 Å². The summed E-state index contributed by atoms with van der Waals surface area (Å²) < 4.78 is 0. The van der Waals surface area contributed by atoms with E-state index in [1.807, 2.05) is 0 Å². The number of thiol groups is 1. The number of rotatable bonds is 2. The van der Waals surface area contributed by atoms with E-state index in [1.54, 1.807) is 0 Å². The van der Waals surface area contributed by atoms with E-state index in [2.05, 4.69) is 22.6 Å². The predicted molar refractivity (Wildman–Crippen MR) is 29.0 cm³/mol. The lowest BCUT2D eigenvalue weighted by Gasteiger charge is -1.83. The first kappa shape index (κ1) is 7.11. The van der Waals surface area contributed by atoms with Gasteiger partial charge in [-0.3, -0.25) is 0 Å². The molecule has 0 radical (unpaired) electrons. The van der Waals surface area contributed by atoms with Crippen LogP contribution in [0.15, 0.2) is 9.98 Å². The highest BCUT2D eigenvalue weighted by atomic mass is 32.1. The predicted octanol–water partition coefficient (Wildman–Crippen LogP) is -0.129. The third-order valence-electron chi connectivity index (χ3n) is 0.336. The fourth-order valence-corrected chi connectivity index (χ4v) is 0.217. The Morgan fingerprint density at radius 3 is 1.88 bits per heavy atom. The van der Waals surface area contributed by atoms with Crippen molar-refractivity contribution in [3.8, 4) is 0 Å². The van der Waals surface area contributed by atoms with Crippen molar-refractivity contribution < 1.29 is 9.59 Å². The normalized spacial score (nSPS) is 10.6. The molecule has 0 aromatic heterocycles. The highest BCUT2D eigenvalue weighted by Crippen LogP contribution is 1.93. The van der Waals surface area contributed by atoms with Gasteiger partial charge in [-0.1, -0.05) is 0 Å². The summed E-state index contributed by atoms with van der Waals surface area (Å²) in [7, 11) is 0. The maximum absolute atomic E-state index is 9.36. The Bertz CT molecular complexity index is 139. The molecule has 0 aliphatic heterocycles.